The Morgan fingerprint density at radius 3 is 2.41 bits per heavy atom. The first-order chi connectivity index (χ1) is 13.7. The molecule has 0 radical (unpaired) electrons. The quantitative estimate of drug-likeness (QED) is 0.577. The molecule has 29 heavy (non-hydrogen) atoms. The van der Waals surface area contributed by atoms with E-state index in [9.17, 15) is 23.1 Å². The molecular formula is C21H22N2O5S. The van der Waals surface area contributed by atoms with Crippen LogP contribution in [0.15, 0.2) is 58.2 Å². The number of sulfonamides is 1. The number of aliphatic hydroxyl groups is 1. The number of aromatic nitrogens is 1. The van der Waals surface area contributed by atoms with Gasteiger partial charge in [0, 0.05) is 29.7 Å². The molecule has 3 rings (SSSR count). The highest BCUT2D eigenvalue weighted by Crippen LogP contribution is 2.20. The number of ketones is 1. The van der Waals surface area contributed by atoms with Crippen molar-refractivity contribution in [3.63, 3.8) is 0 Å². The van der Waals surface area contributed by atoms with Gasteiger partial charge in [0.1, 0.15) is 0 Å². The molecule has 2 aromatic carbocycles. The first-order valence-corrected chi connectivity index (χ1v) is 10.5. The van der Waals surface area contributed by atoms with Crippen molar-refractivity contribution in [2.45, 2.75) is 25.3 Å². The number of aliphatic hydroxyl groups excluding tert-OH is 1. The maximum Gasteiger partial charge on any atom is 0.252 e. The number of fused-ring (bicyclic) bond motifs is 1. The van der Waals surface area contributed by atoms with Gasteiger partial charge in [-0.1, -0.05) is 24.3 Å². The lowest BCUT2D eigenvalue weighted by Gasteiger charge is -2.21. The highest BCUT2D eigenvalue weighted by atomic mass is 32.2. The zero-order chi connectivity index (χ0) is 21.2. The van der Waals surface area contributed by atoms with Gasteiger partial charge in [-0.3, -0.25) is 9.59 Å². The molecule has 0 atom stereocenters. The molecule has 0 aliphatic carbocycles. The summed E-state index contributed by atoms with van der Waals surface area (Å²) in [5.41, 5.74) is 1.97. The minimum absolute atomic E-state index is 0.0104. The van der Waals surface area contributed by atoms with Crippen LogP contribution in [0.2, 0.25) is 0 Å². The fourth-order valence-corrected chi connectivity index (χ4v) is 4.48. The van der Waals surface area contributed by atoms with Gasteiger partial charge in [0.05, 0.1) is 11.5 Å². The Balaban J connectivity index is 1.98. The summed E-state index contributed by atoms with van der Waals surface area (Å²) in [6, 6.07) is 12.9. The van der Waals surface area contributed by atoms with E-state index in [-0.39, 0.29) is 34.9 Å². The standard InChI is InChI=1S/C21H22N2O5S/c1-14-3-4-17-12-18(21(26)22-20(17)11-14)13-23(9-10-24)29(27,28)19-7-5-16(6-8-19)15(2)25/h3-8,11-12,24H,9-10,13H2,1-2H3,(H,22,26). The van der Waals surface area contributed by atoms with Crippen LogP contribution in [0, 0.1) is 6.92 Å². The third-order valence-corrected chi connectivity index (χ3v) is 6.53. The minimum Gasteiger partial charge on any atom is -0.395 e. The number of nitrogens with zero attached hydrogens (tertiary/aromatic N) is 1. The van der Waals surface area contributed by atoms with Gasteiger partial charge in [0.25, 0.3) is 5.56 Å². The van der Waals surface area contributed by atoms with Gasteiger partial charge in [0.15, 0.2) is 5.78 Å². The smallest absolute Gasteiger partial charge is 0.252 e. The molecule has 0 aliphatic heterocycles. The predicted molar refractivity (Wildman–Crippen MR) is 110 cm³/mol. The number of pyridine rings is 1. The van der Waals surface area contributed by atoms with Crippen molar-refractivity contribution in [2.75, 3.05) is 13.2 Å². The number of aromatic amines is 1. The van der Waals surface area contributed by atoms with E-state index in [1.807, 2.05) is 25.1 Å². The second kappa shape index (κ2) is 8.28. The molecule has 1 heterocycles. The van der Waals surface area contributed by atoms with Gasteiger partial charge in [-0.25, -0.2) is 8.42 Å². The fraction of sp³-hybridized carbons (Fsp3) is 0.238. The minimum atomic E-state index is -3.97. The SMILES string of the molecule is CC(=O)c1ccc(S(=O)(=O)N(CCO)Cc2cc3ccc(C)cc3[nH]c2=O)cc1. The lowest BCUT2D eigenvalue weighted by molar-refractivity contribution is 0.101. The third kappa shape index (κ3) is 4.45. The van der Waals surface area contributed by atoms with Gasteiger partial charge < -0.3 is 10.1 Å². The number of aryl methyl sites for hydroxylation is 1. The molecule has 8 heteroatoms. The first kappa shape index (κ1) is 20.9. The van der Waals surface area contributed by atoms with E-state index in [1.165, 1.54) is 31.2 Å². The van der Waals surface area contributed by atoms with Crippen LogP contribution in [0.1, 0.15) is 28.4 Å². The van der Waals surface area contributed by atoms with Crippen molar-refractivity contribution >= 4 is 26.7 Å². The van der Waals surface area contributed by atoms with Gasteiger partial charge in [-0.05, 0) is 49.1 Å². The highest BCUT2D eigenvalue weighted by molar-refractivity contribution is 7.89. The summed E-state index contributed by atoms with van der Waals surface area (Å²) in [4.78, 5) is 26.7. The molecule has 0 bridgehead atoms. The maximum atomic E-state index is 13.0. The molecule has 3 aromatic rings. The van der Waals surface area contributed by atoms with Gasteiger partial charge >= 0.3 is 0 Å². The summed E-state index contributed by atoms with van der Waals surface area (Å²) in [5, 5.41) is 10.2. The summed E-state index contributed by atoms with van der Waals surface area (Å²) in [5.74, 6) is -0.168. The zero-order valence-electron chi connectivity index (χ0n) is 16.2. The van der Waals surface area contributed by atoms with Crippen molar-refractivity contribution in [1.82, 2.24) is 9.29 Å². The Labute approximate surface area is 168 Å². The molecule has 0 saturated heterocycles. The predicted octanol–water partition coefficient (Wildman–Crippen LogP) is 2.22. The molecule has 1 aromatic heterocycles. The van der Waals surface area contributed by atoms with E-state index >= 15 is 0 Å². The van der Waals surface area contributed by atoms with Crippen molar-refractivity contribution in [1.29, 1.82) is 0 Å². The number of nitrogens with one attached hydrogen (secondary N) is 1. The lowest BCUT2D eigenvalue weighted by atomic mass is 10.1. The molecule has 0 saturated carbocycles. The Bertz CT molecular complexity index is 1210. The molecule has 0 aliphatic rings. The second-order valence-electron chi connectivity index (χ2n) is 6.86. The second-order valence-corrected chi connectivity index (χ2v) is 8.80. The van der Waals surface area contributed by atoms with E-state index in [2.05, 4.69) is 4.98 Å². The number of benzene rings is 2. The van der Waals surface area contributed by atoms with Crippen molar-refractivity contribution in [2.24, 2.45) is 0 Å². The number of carbonyl (C=O) groups excluding carboxylic acids is 1. The zero-order valence-corrected chi connectivity index (χ0v) is 17.0. The van der Waals surface area contributed by atoms with E-state index in [4.69, 9.17) is 0 Å². The number of Topliss-reactive ketones (excluding diaryl/α,β-unsaturated/α-hetero) is 1. The number of hydrogen-bond donors (Lipinski definition) is 2. The molecule has 0 spiro atoms. The average Bonchev–Trinajstić information content (AvgIpc) is 2.68. The number of carbonyl (C=O) groups is 1. The van der Waals surface area contributed by atoms with Crippen LogP contribution >= 0.6 is 0 Å². The molecule has 0 unspecified atom stereocenters. The molecule has 0 amide bonds. The summed E-state index contributed by atoms with van der Waals surface area (Å²) >= 11 is 0. The number of H-pyrrole nitrogens is 1. The van der Waals surface area contributed by atoms with E-state index in [0.717, 1.165) is 15.3 Å². The average molecular weight is 414 g/mol. The number of hydrogen-bond acceptors (Lipinski definition) is 5. The highest BCUT2D eigenvalue weighted by Gasteiger charge is 2.25. The van der Waals surface area contributed by atoms with Crippen LogP contribution in [0.5, 0.6) is 0 Å². The van der Waals surface area contributed by atoms with Gasteiger partial charge in [0.2, 0.25) is 10.0 Å². The summed E-state index contributed by atoms with van der Waals surface area (Å²) in [6.07, 6.45) is 0. The van der Waals surface area contributed by atoms with Crippen molar-refractivity contribution in [3.8, 4) is 0 Å². The summed E-state index contributed by atoms with van der Waals surface area (Å²) < 4.78 is 27.1. The summed E-state index contributed by atoms with van der Waals surface area (Å²) in [7, 11) is -3.97. The number of rotatable bonds is 7. The maximum absolute atomic E-state index is 13.0. The normalized spacial score (nSPS) is 11.9. The molecular weight excluding hydrogens is 392 g/mol. The topological polar surface area (TPSA) is 108 Å². The first-order valence-electron chi connectivity index (χ1n) is 9.07. The fourth-order valence-electron chi connectivity index (χ4n) is 3.07. The van der Waals surface area contributed by atoms with Crippen LogP contribution in [-0.4, -0.2) is 41.7 Å². The lowest BCUT2D eigenvalue weighted by Crippen LogP contribution is -2.35. The Morgan fingerprint density at radius 2 is 1.79 bits per heavy atom. The van der Waals surface area contributed by atoms with Crippen LogP contribution in [0.3, 0.4) is 0 Å². The summed E-state index contributed by atoms with van der Waals surface area (Å²) in [6.45, 7) is 2.57. The van der Waals surface area contributed by atoms with Crippen LogP contribution in [-0.2, 0) is 16.6 Å². The molecule has 7 nitrogen and oxygen atoms in total. The van der Waals surface area contributed by atoms with Crippen LogP contribution in [0.4, 0.5) is 0 Å². The van der Waals surface area contributed by atoms with E-state index in [1.54, 1.807) is 6.07 Å². The van der Waals surface area contributed by atoms with Crippen LogP contribution < -0.4 is 5.56 Å². The molecule has 0 fully saturated rings. The molecule has 152 valence electrons. The van der Waals surface area contributed by atoms with E-state index in [0.29, 0.717) is 11.1 Å². The Hall–Kier alpha value is -2.81. The van der Waals surface area contributed by atoms with Gasteiger partial charge in [-0.15, -0.1) is 0 Å². The van der Waals surface area contributed by atoms with Crippen LogP contribution in [0.25, 0.3) is 10.9 Å². The van der Waals surface area contributed by atoms with Crippen molar-refractivity contribution in [3.05, 3.63) is 75.6 Å². The van der Waals surface area contributed by atoms with Gasteiger partial charge in [-0.2, -0.15) is 4.31 Å². The van der Waals surface area contributed by atoms with E-state index < -0.39 is 16.6 Å². The Morgan fingerprint density at radius 1 is 1.10 bits per heavy atom. The molecule has 2 N–H and O–H groups in total. The Kier molecular flexibility index (Phi) is 5.97. The third-order valence-electron chi connectivity index (χ3n) is 4.67. The monoisotopic (exact) mass is 414 g/mol. The largest absolute Gasteiger partial charge is 0.395 e. The van der Waals surface area contributed by atoms with Crippen molar-refractivity contribution < 1.29 is 18.3 Å².